The Hall–Kier alpha value is -2.33. The number of nitrogens with zero attached hydrogens (tertiary/aromatic N) is 1. The van der Waals surface area contributed by atoms with Gasteiger partial charge < -0.3 is 15.0 Å². The van der Waals surface area contributed by atoms with Crippen LogP contribution in [0.4, 0.5) is 5.69 Å². The molecule has 0 radical (unpaired) electrons. The lowest BCUT2D eigenvalue weighted by molar-refractivity contribution is -0.118. The number of rotatable bonds is 6. The zero-order chi connectivity index (χ0) is 16.8. The van der Waals surface area contributed by atoms with E-state index in [-0.39, 0.29) is 5.91 Å². The lowest BCUT2D eigenvalue weighted by atomic mass is 10.0. The summed E-state index contributed by atoms with van der Waals surface area (Å²) in [4.78, 5) is 14.3. The topological polar surface area (TPSA) is 41.6 Å². The van der Waals surface area contributed by atoms with Gasteiger partial charge >= 0.3 is 0 Å². The molecule has 4 nitrogen and oxygen atoms in total. The number of amides is 1. The van der Waals surface area contributed by atoms with Crippen LogP contribution in [0.2, 0.25) is 0 Å². The molecular weight excluding hydrogens is 300 g/mol. The van der Waals surface area contributed by atoms with Gasteiger partial charge in [-0.25, -0.2) is 0 Å². The number of carbonyl (C=O) groups excluding carboxylic acids is 1. The first kappa shape index (κ1) is 16.5. The highest BCUT2D eigenvalue weighted by molar-refractivity contribution is 5.94. The van der Waals surface area contributed by atoms with Crippen LogP contribution in [0.5, 0.6) is 5.75 Å². The Balaban J connectivity index is 1.69. The highest BCUT2D eigenvalue weighted by Gasteiger charge is 2.22. The van der Waals surface area contributed by atoms with E-state index in [1.165, 1.54) is 5.56 Å². The van der Waals surface area contributed by atoms with Gasteiger partial charge in [0, 0.05) is 25.2 Å². The number of carbonyl (C=O) groups is 1. The lowest BCUT2D eigenvalue weighted by Crippen LogP contribution is -2.36. The van der Waals surface area contributed by atoms with Crippen molar-refractivity contribution in [2.24, 2.45) is 0 Å². The summed E-state index contributed by atoms with van der Waals surface area (Å²) < 4.78 is 5.91. The van der Waals surface area contributed by atoms with Crippen LogP contribution in [0.3, 0.4) is 0 Å². The third kappa shape index (κ3) is 3.95. The molecule has 0 fully saturated rings. The van der Waals surface area contributed by atoms with E-state index in [1.54, 1.807) is 0 Å². The third-order valence-corrected chi connectivity index (χ3v) is 4.31. The largest absolute Gasteiger partial charge is 0.489 e. The summed E-state index contributed by atoms with van der Waals surface area (Å²) in [5, 5.41) is 3.04. The molecule has 0 bridgehead atoms. The fourth-order valence-corrected chi connectivity index (χ4v) is 3.03. The quantitative estimate of drug-likeness (QED) is 0.887. The standard InChI is InChI=1S/C20H24N2O2/c1-21-12-11-20(23)22-13-5-8-17-14-18(9-10-19(17)22)24-15-16-6-3-2-4-7-16/h2-4,6-7,9-10,14,21H,5,8,11-13,15H2,1H3. The van der Waals surface area contributed by atoms with Gasteiger partial charge in [0.15, 0.2) is 0 Å². The molecule has 126 valence electrons. The zero-order valence-corrected chi connectivity index (χ0v) is 14.1. The van der Waals surface area contributed by atoms with E-state index in [1.807, 2.05) is 42.3 Å². The van der Waals surface area contributed by atoms with Crippen molar-refractivity contribution in [1.82, 2.24) is 5.32 Å². The van der Waals surface area contributed by atoms with Crippen LogP contribution in [-0.2, 0) is 17.8 Å². The molecule has 0 aromatic heterocycles. The monoisotopic (exact) mass is 324 g/mol. The molecule has 1 aliphatic rings. The number of aryl methyl sites for hydroxylation is 1. The van der Waals surface area contributed by atoms with Crippen LogP contribution in [0.15, 0.2) is 48.5 Å². The van der Waals surface area contributed by atoms with Crippen LogP contribution >= 0.6 is 0 Å². The number of benzene rings is 2. The molecule has 4 heteroatoms. The number of hydrogen-bond donors (Lipinski definition) is 1. The maximum Gasteiger partial charge on any atom is 0.228 e. The van der Waals surface area contributed by atoms with Crippen molar-refractivity contribution in [3.05, 3.63) is 59.7 Å². The maximum absolute atomic E-state index is 12.4. The van der Waals surface area contributed by atoms with Gasteiger partial charge in [-0.1, -0.05) is 30.3 Å². The molecule has 2 aromatic carbocycles. The molecule has 1 heterocycles. The number of hydrogen-bond acceptors (Lipinski definition) is 3. The number of fused-ring (bicyclic) bond motifs is 1. The Morgan fingerprint density at radius 3 is 2.83 bits per heavy atom. The van der Waals surface area contributed by atoms with Crippen molar-refractivity contribution in [2.75, 3.05) is 25.0 Å². The summed E-state index contributed by atoms with van der Waals surface area (Å²) in [6.45, 7) is 2.08. The molecule has 0 saturated heterocycles. The van der Waals surface area contributed by atoms with E-state index in [0.29, 0.717) is 19.6 Å². The van der Waals surface area contributed by atoms with Gasteiger partial charge in [-0.05, 0) is 49.2 Å². The van der Waals surface area contributed by atoms with Gasteiger partial charge in [0.1, 0.15) is 12.4 Å². The SMILES string of the molecule is CNCCC(=O)N1CCCc2cc(OCc3ccccc3)ccc21. The van der Waals surface area contributed by atoms with Crippen LogP contribution in [0, 0.1) is 0 Å². The summed E-state index contributed by atoms with van der Waals surface area (Å²) in [5.41, 5.74) is 3.39. The van der Waals surface area contributed by atoms with Crippen molar-refractivity contribution in [1.29, 1.82) is 0 Å². The molecule has 0 spiro atoms. The van der Waals surface area contributed by atoms with E-state index in [4.69, 9.17) is 4.74 Å². The highest BCUT2D eigenvalue weighted by atomic mass is 16.5. The van der Waals surface area contributed by atoms with Gasteiger partial charge in [-0.2, -0.15) is 0 Å². The van der Waals surface area contributed by atoms with Crippen molar-refractivity contribution in [3.8, 4) is 5.75 Å². The molecule has 1 N–H and O–H groups in total. The average molecular weight is 324 g/mol. The third-order valence-electron chi connectivity index (χ3n) is 4.31. The van der Waals surface area contributed by atoms with Gasteiger partial charge in [-0.15, -0.1) is 0 Å². The molecule has 0 saturated carbocycles. The van der Waals surface area contributed by atoms with Crippen molar-refractivity contribution in [2.45, 2.75) is 25.9 Å². The van der Waals surface area contributed by atoms with Crippen LogP contribution in [0.1, 0.15) is 24.0 Å². The number of nitrogens with one attached hydrogen (secondary N) is 1. The van der Waals surface area contributed by atoms with Crippen molar-refractivity contribution < 1.29 is 9.53 Å². The van der Waals surface area contributed by atoms with Crippen LogP contribution < -0.4 is 15.0 Å². The summed E-state index contributed by atoms with van der Waals surface area (Å²) in [5.74, 6) is 1.05. The fraction of sp³-hybridized carbons (Fsp3) is 0.350. The molecule has 1 amide bonds. The van der Waals surface area contributed by atoms with Crippen LogP contribution in [-0.4, -0.2) is 26.0 Å². The average Bonchev–Trinajstić information content (AvgIpc) is 2.64. The molecule has 24 heavy (non-hydrogen) atoms. The van der Waals surface area contributed by atoms with E-state index in [9.17, 15) is 4.79 Å². The van der Waals surface area contributed by atoms with Crippen molar-refractivity contribution in [3.63, 3.8) is 0 Å². The molecule has 2 aromatic rings. The van der Waals surface area contributed by atoms with E-state index in [0.717, 1.165) is 36.4 Å². The summed E-state index contributed by atoms with van der Waals surface area (Å²) in [6.07, 6.45) is 2.52. The first-order valence-corrected chi connectivity index (χ1v) is 8.52. The highest BCUT2D eigenvalue weighted by Crippen LogP contribution is 2.31. The Morgan fingerprint density at radius 2 is 2.04 bits per heavy atom. The van der Waals surface area contributed by atoms with E-state index >= 15 is 0 Å². The second-order valence-corrected chi connectivity index (χ2v) is 6.07. The molecule has 0 unspecified atom stereocenters. The Bertz CT molecular complexity index is 685. The van der Waals surface area contributed by atoms with Gasteiger partial charge in [-0.3, -0.25) is 4.79 Å². The van der Waals surface area contributed by atoms with E-state index < -0.39 is 0 Å². The lowest BCUT2D eigenvalue weighted by Gasteiger charge is -2.30. The first-order chi connectivity index (χ1) is 11.8. The normalized spacial score (nSPS) is 13.5. The molecule has 0 atom stereocenters. The zero-order valence-electron chi connectivity index (χ0n) is 14.1. The molecular formula is C20H24N2O2. The summed E-state index contributed by atoms with van der Waals surface area (Å²) in [7, 11) is 1.87. The minimum atomic E-state index is 0.184. The summed E-state index contributed by atoms with van der Waals surface area (Å²) >= 11 is 0. The molecule has 1 aliphatic heterocycles. The number of anilines is 1. The minimum absolute atomic E-state index is 0.184. The molecule has 0 aliphatic carbocycles. The van der Waals surface area contributed by atoms with Crippen molar-refractivity contribution >= 4 is 11.6 Å². The van der Waals surface area contributed by atoms with E-state index in [2.05, 4.69) is 23.5 Å². The predicted molar refractivity (Wildman–Crippen MR) is 96.4 cm³/mol. The van der Waals surface area contributed by atoms with Crippen LogP contribution in [0.25, 0.3) is 0 Å². The Kier molecular flexibility index (Phi) is 5.49. The second-order valence-electron chi connectivity index (χ2n) is 6.07. The first-order valence-electron chi connectivity index (χ1n) is 8.52. The molecule has 3 rings (SSSR count). The Morgan fingerprint density at radius 1 is 1.21 bits per heavy atom. The predicted octanol–water partition coefficient (Wildman–Crippen LogP) is 3.15. The number of ether oxygens (including phenoxy) is 1. The maximum atomic E-state index is 12.4. The summed E-state index contributed by atoms with van der Waals surface area (Å²) in [6, 6.07) is 16.2. The smallest absolute Gasteiger partial charge is 0.228 e. The van der Waals surface area contributed by atoms with Gasteiger partial charge in [0.05, 0.1) is 0 Å². The van der Waals surface area contributed by atoms with Gasteiger partial charge in [0.2, 0.25) is 5.91 Å². The minimum Gasteiger partial charge on any atom is -0.489 e. The van der Waals surface area contributed by atoms with Gasteiger partial charge in [0.25, 0.3) is 0 Å². The second kappa shape index (κ2) is 7.97. The Labute approximate surface area is 143 Å². The fourth-order valence-electron chi connectivity index (χ4n) is 3.03.